The molecular weight excluding hydrogens is 248 g/mol. The van der Waals surface area contributed by atoms with E-state index in [1.807, 2.05) is 17.0 Å². The number of amides is 1. The van der Waals surface area contributed by atoms with Crippen molar-refractivity contribution in [2.45, 2.75) is 38.6 Å². The molecule has 3 rings (SSSR count). The van der Waals surface area contributed by atoms with E-state index in [-0.39, 0.29) is 5.91 Å². The Hall–Kier alpha value is -1.35. The van der Waals surface area contributed by atoms with Crippen molar-refractivity contribution in [3.63, 3.8) is 0 Å². The fourth-order valence-corrected chi connectivity index (χ4v) is 3.01. The number of aryl methyl sites for hydroxylation is 1. The summed E-state index contributed by atoms with van der Waals surface area (Å²) < 4.78 is 0. The fraction of sp³-hybridized carbons (Fsp3) is 0.588. The zero-order valence-electron chi connectivity index (χ0n) is 12.3. The molecule has 0 radical (unpaired) electrons. The minimum atomic E-state index is 0.199. The standard InChI is InChI=1S/C17H24N2O/c1-2-14-4-6-15(7-5-14)17(20)19-11-3-10-18(12-13-19)16-8-9-16/h4-7,16H,2-3,8-13H2,1H3. The highest BCUT2D eigenvalue weighted by atomic mass is 16.2. The van der Waals surface area contributed by atoms with Crippen molar-refractivity contribution in [2.75, 3.05) is 26.2 Å². The topological polar surface area (TPSA) is 23.6 Å². The second-order valence-electron chi connectivity index (χ2n) is 5.96. The summed E-state index contributed by atoms with van der Waals surface area (Å²) >= 11 is 0. The van der Waals surface area contributed by atoms with Gasteiger partial charge in [0.1, 0.15) is 0 Å². The Balaban J connectivity index is 1.63. The highest BCUT2D eigenvalue weighted by Crippen LogP contribution is 2.27. The number of hydrogen-bond acceptors (Lipinski definition) is 2. The van der Waals surface area contributed by atoms with Crippen LogP contribution in [0.1, 0.15) is 42.1 Å². The average Bonchev–Trinajstić information content (AvgIpc) is 3.32. The first-order valence-electron chi connectivity index (χ1n) is 7.90. The molecule has 0 atom stereocenters. The minimum Gasteiger partial charge on any atom is -0.337 e. The summed E-state index contributed by atoms with van der Waals surface area (Å²) in [7, 11) is 0. The summed E-state index contributed by atoms with van der Waals surface area (Å²) in [5.74, 6) is 0.199. The monoisotopic (exact) mass is 272 g/mol. The van der Waals surface area contributed by atoms with Gasteiger partial charge in [0, 0.05) is 37.8 Å². The number of benzene rings is 1. The van der Waals surface area contributed by atoms with Gasteiger partial charge >= 0.3 is 0 Å². The lowest BCUT2D eigenvalue weighted by atomic mass is 10.1. The van der Waals surface area contributed by atoms with Crippen LogP contribution in [-0.2, 0) is 6.42 Å². The smallest absolute Gasteiger partial charge is 0.253 e. The summed E-state index contributed by atoms with van der Waals surface area (Å²) in [6.45, 7) is 6.12. The first-order valence-corrected chi connectivity index (χ1v) is 7.90. The first-order chi connectivity index (χ1) is 9.78. The molecule has 0 unspecified atom stereocenters. The Kier molecular flexibility index (Phi) is 4.06. The molecular formula is C17H24N2O. The SMILES string of the molecule is CCc1ccc(C(=O)N2CCCN(C3CC3)CC2)cc1. The van der Waals surface area contributed by atoms with Gasteiger partial charge in [-0.25, -0.2) is 0 Å². The molecule has 1 saturated heterocycles. The summed E-state index contributed by atoms with van der Waals surface area (Å²) in [6.07, 6.45) is 4.84. The van der Waals surface area contributed by atoms with E-state index in [4.69, 9.17) is 0 Å². The van der Waals surface area contributed by atoms with Gasteiger partial charge in [-0.05, 0) is 43.4 Å². The van der Waals surface area contributed by atoms with Crippen molar-refractivity contribution in [1.82, 2.24) is 9.80 Å². The fourth-order valence-electron chi connectivity index (χ4n) is 3.01. The van der Waals surface area contributed by atoms with E-state index in [2.05, 4.69) is 24.0 Å². The molecule has 1 aliphatic carbocycles. The van der Waals surface area contributed by atoms with E-state index in [1.54, 1.807) is 0 Å². The molecule has 0 aromatic heterocycles. The molecule has 0 N–H and O–H groups in total. The van der Waals surface area contributed by atoms with Crippen molar-refractivity contribution >= 4 is 5.91 Å². The molecule has 2 aliphatic rings. The van der Waals surface area contributed by atoms with Gasteiger partial charge in [0.05, 0.1) is 0 Å². The Labute approximate surface area is 121 Å². The highest BCUT2D eigenvalue weighted by molar-refractivity contribution is 5.94. The molecule has 20 heavy (non-hydrogen) atoms. The van der Waals surface area contributed by atoms with Crippen LogP contribution in [-0.4, -0.2) is 47.9 Å². The van der Waals surface area contributed by atoms with Gasteiger partial charge in [-0.1, -0.05) is 19.1 Å². The molecule has 0 bridgehead atoms. The van der Waals surface area contributed by atoms with Crippen LogP contribution in [0.2, 0.25) is 0 Å². The Bertz CT molecular complexity index is 464. The zero-order chi connectivity index (χ0) is 13.9. The molecule has 3 nitrogen and oxygen atoms in total. The van der Waals surface area contributed by atoms with Crippen LogP contribution in [0, 0.1) is 0 Å². The molecule has 1 aromatic rings. The molecule has 108 valence electrons. The van der Waals surface area contributed by atoms with Gasteiger partial charge in [0.15, 0.2) is 0 Å². The van der Waals surface area contributed by atoms with E-state index in [0.29, 0.717) is 0 Å². The van der Waals surface area contributed by atoms with Crippen molar-refractivity contribution in [3.05, 3.63) is 35.4 Å². The number of rotatable bonds is 3. The third-order valence-corrected chi connectivity index (χ3v) is 4.49. The lowest BCUT2D eigenvalue weighted by molar-refractivity contribution is 0.0761. The molecule has 1 aromatic carbocycles. The van der Waals surface area contributed by atoms with E-state index < -0.39 is 0 Å². The van der Waals surface area contributed by atoms with E-state index >= 15 is 0 Å². The quantitative estimate of drug-likeness (QED) is 0.844. The largest absolute Gasteiger partial charge is 0.337 e. The van der Waals surface area contributed by atoms with E-state index in [0.717, 1.165) is 50.6 Å². The molecule has 3 heteroatoms. The summed E-state index contributed by atoms with van der Waals surface area (Å²) in [5.41, 5.74) is 2.12. The average molecular weight is 272 g/mol. The predicted molar refractivity (Wildman–Crippen MR) is 80.9 cm³/mol. The van der Waals surface area contributed by atoms with Crippen LogP contribution < -0.4 is 0 Å². The Morgan fingerprint density at radius 2 is 1.85 bits per heavy atom. The molecule has 1 aliphatic heterocycles. The molecule has 1 amide bonds. The highest BCUT2D eigenvalue weighted by Gasteiger charge is 2.30. The second kappa shape index (κ2) is 5.96. The number of hydrogen-bond donors (Lipinski definition) is 0. The summed E-state index contributed by atoms with van der Waals surface area (Å²) in [6, 6.07) is 8.91. The van der Waals surface area contributed by atoms with Gasteiger partial charge in [-0.2, -0.15) is 0 Å². The Morgan fingerprint density at radius 3 is 2.50 bits per heavy atom. The summed E-state index contributed by atoms with van der Waals surface area (Å²) in [5, 5.41) is 0. The van der Waals surface area contributed by atoms with Crippen molar-refractivity contribution < 1.29 is 4.79 Å². The number of carbonyl (C=O) groups is 1. The van der Waals surface area contributed by atoms with Gasteiger partial charge in [0.2, 0.25) is 0 Å². The number of carbonyl (C=O) groups excluding carboxylic acids is 1. The van der Waals surface area contributed by atoms with Gasteiger partial charge in [-0.3, -0.25) is 9.69 Å². The molecule has 1 saturated carbocycles. The van der Waals surface area contributed by atoms with Gasteiger partial charge in [0.25, 0.3) is 5.91 Å². The molecule has 1 heterocycles. The maximum atomic E-state index is 12.6. The number of nitrogens with zero attached hydrogens (tertiary/aromatic N) is 2. The predicted octanol–water partition coefficient (Wildman–Crippen LogP) is 2.56. The first kappa shape index (κ1) is 13.6. The van der Waals surface area contributed by atoms with E-state index in [9.17, 15) is 4.79 Å². The summed E-state index contributed by atoms with van der Waals surface area (Å²) in [4.78, 5) is 17.1. The van der Waals surface area contributed by atoms with Crippen molar-refractivity contribution in [3.8, 4) is 0 Å². The third-order valence-electron chi connectivity index (χ3n) is 4.49. The van der Waals surface area contributed by atoms with Crippen LogP contribution in [0.4, 0.5) is 0 Å². The normalized spacial score (nSPS) is 20.8. The van der Waals surface area contributed by atoms with Crippen LogP contribution in [0.3, 0.4) is 0 Å². The second-order valence-corrected chi connectivity index (χ2v) is 5.96. The van der Waals surface area contributed by atoms with Gasteiger partial charge in [-0.15, -0.1) is 0 Å². The van der Waals surface area contributed by atoms with Crippen molar-refractivity contribution in [1.29, 1.82) is 0 Å². The van der Waals surface area contributed by atoms with Crippen LogP contribution in [0.15, 0.2) is 24.3 Å². The van der Waals surface area contributed by atoms with Crippen LogP contribution >= 0.6 is 0 Å². The third kappa shape index (κ3) is 3.04. The van der Waals surface area contributed by atoms with E-state index in [1.165, 1.54) is 18.4 Å². The molecule has 2 fully saturated rings. The van der Waals surface area contributed by atoms with Gasteiger partial charge < -0.3 is 4.90 Å². The lowest BCUT2D eigenvalue weighted by Gasteiger charge is -2.22. The van der Waals surface area contributed by atoms with Crippen molar-refractivity contribution in [2.24, 2.45) is 0 Å². The van der Waals surface area contributed by atoms with Crippen LogP contribution in [0.5, 0.6) is 0 Å². The Morgan fingerprint density at radius 1 is 1.10 bits per heavy atom. The minimum absolute atomic E-state index is 0.199. The molecule has 0 spiro atoms. The maximum Gasteiger partial charge on any atom is 0.253 e. The lowest BCUT2D eigenvalue weighted by Crippen LogP contribution is -2.35. The van der Waals surface area contributed by atoms with Crippen LogP contribution in [0.25, 0.3) is 0 Å². The maximum absolute atomic E-state index is 12.6. The zero-order valence-corrected chi connectivity index (χ0v) is 12.3.